The van der Waals surface area contributed by atoms with Crippen molar-refractivity contribution in [3.63, 3.8) is 0 Å². The van der Waals surface area contributed by atoms with E-state index in [1.807, 2.05) is 47.7 Å². The molecule has 26 heavy (non-hydrogen) atoms. The van der Waals surface area contributed by atoms with Crippen molar-refractivity contribution >= 4 is 16.3 Å². The van der Waals surface area contributed by atoms with E-state index in [2.05, 4.69) is 34.4 Å². The Hall–Kier alpha value is -3.31. The molecule has 0 unspecified atom stereocenters. The minimum Gasteiger partial charge on any atom is -0.373 e. The molecule has 4 aromatic rings. The first-order chi connectivity index (χ1) is 12.9. The number of aromatic nitrogens is 4. The van der Waals surface area contributed by atoms with Crippen molar-refractivity contribution in [2.24, 2.45) is 0 Å². The number of pyridine rings is 2. The smallest absolute Gasteiger partial charge is 0.161 e. The van der Waals surface area contributed by atoms with E-state index in [1.54, 1.807) is 6.20 Å². The second kappa shape index (κ2) is 6.20. The van der Waals surface area contributed by atoms with Crippen LogP contribution in [0.15, 0.2) is 73.5 Å². The lowest BCUT2D eigenvalue weighted by Crippen LogP contribution is -2.01. The summed E-state index contributed by atoms with van der Waals surface area (Å²) in [5, 5.41) is 6.76. The average molecular weight is 340 g/mol. The Bertz CT molecular complexity index is 1120. The quantitative estimate of drug-likeness (QED) is 0.568. The summed E-state index contributed by atoms with van der Waals surface area (Å²) in [4.78, 5) is 8.90. The maximum absolute atomic E-state index is 5.48. The Balaban J connectivity index is 1.64. The van der Waals surface area contributed by atoms with E-state index in [-0.39, 0.29) is 0 Å². The van der Waals surface area contributed by atoms with Crippen LogP contribution in [0.3, 0.4) is 0 Å². The maximum Gasteiger partial charge on any atom is 0.161 e. The van der Waals surface area contributed by atoms with Gasteiger partial charge in [0.2, 0.25) is 0 Å². The number of benzene rings is 1. The monoisotopic (exact) mass is 340 g/mol. The molecule has 0 radical (unpaired) electrons. The molecule has 5 nitrogen and oxygen atoms in total. The number of fused-ring (bicyclic) bond motifs is 1. The average Bonchev–Trinajstić information content (AvgIpc) is 3.40. The van der Waals surface area contributed by atoms with Crippen molar-refractivity contribution in [1.29, 1.82) is 0 Å². The number of nitrogens with zero attached hydrogens (tertiary/aromatic N) is 4. The van der Waals surface area contributed by atoms with Gasteiger partial charge in [0.05, 0.1) is 19.4 Å². The summed E-state index contributed by atoms with van der Waals surface area (Å²) in [6, 6.07) is 12.2. The van der Waals surface area contributed by atoms with Crippen molar-refractivity contribution in [1.82, 2.24) is 19.7 Å². The largest absolute Gasteiger partial charge is 0.373 e. The minimum atomic E-state index is 0.637. The highest BCUT2D eigenvalue weighted by Crippen LogP contribution is 2.30. The van der Waals surface area contributed by atoms with Gasteiger partial charge in [-0.15, -0.1) is 0 Å². The lowest BCUT2D eigenvalue weighted by molar-refractivity contribution is 0.216. The summed E-state index contributed by atoms with van der Waals surface area (Å²) in [5.41, 5.74) is 4.37. The van der Waals surface area contributed by atoms with Crippen molar-refractivity contribution in [3.05, 3.63) is 79.0 Å². The fraction of sp³-hybridized carbons (Fsp3) is 0.0952. The lowest BCUT2D eigenvalue weighted by atomic mass is 10.0. The Labute approximate surface area is 150 Å². The van der Waals surface area contributed by atoms with Crippen LogP contribution >= 0.6 is 0 Å². The summed E-state index contributed by atoms with van der Waals surface area (Å²) in [5.74, 6) is 0.819. The molecule has 0 amide bonds. The third-order valence-electron chi connectivity index (χ3n) is 4.62. The molecule has 0 atom stereocenters. The summed E-state index contributed by atoms with van der Waals surface area (Å²) in [6.45, 7) is 1.30. The fourth-order valence-electron chi connectivity index (χ4n) is 3.31. The molecule has 4 heterocycles. The first kappa shape index (κ1) is 15.0. The molecule has 0 bridgehead atoms. The van der Waals surface area contributed by atoms with Gasteiger partial charge in [-0.2, -0.15) is 5.10 Å². The second-order valence-electron chi connectivity index (χ2n) is 6.20. The van der Waals surface area contributed by atoms with Crippen LogP contribution in [0.4, 0.5) is 0 Å². The Morgan fingerprint density at radius 1 is 0.923 bits per heavy atom. The highest BCUT2D eigenvalue weighted by atomic mass is 16.5. The van der Waals surface area contributed by atoms with E-state index in [0.29, 0.717) is 13.2 Å². The van der Waals surface area contributed by atoms with Crippen LogP contribution in [0.2, 0.25) is 0 Å². The number of hydrogen-bond donors (Lipinski definition) is 0. The molecule has 1 aliphatic heterocycles. The number of hydrogen-bond acceptors (Lipinski definition) is 4. The molecule has 0 saturated heterocycles. The standard InChI is InChI=1S/C21H16N4O/c1-2-6-19-18(5-1)20(16-7-9-26-14-16)12-23-21(19)25-13-17(11-24-25)15-4-3-8-22-10-15/h1-8,10-13H,9,14H2. The Kier molecular flexibility index (Phi) is 3.57. The van der Waals surface area contributed by atoms with Gasteiger partial charge in [-0.3, -0.25) is 4.98 Å². The van der Waals surface area contributed by atoms with Crippen LogP contribution in [0, 0.1) is 0 Å². The van der Waals surface area contributed by atoms with Gasteiger partial charge in [-0.25, -0.2) is 9.67 Å². The molecule has 126 valence electrons. The molecule has 5 rings (SSSR count). The summed E-state index contributed by atoms with van der Waals surface area (Å²) < 4.78 is 7.31. The third-order valence-corrected chi connectivity index (χ3v) is 4.62. The molecule has 5 heteroatoms. The van der Waals surface area contributed by atoms with E-state index < -0.39 is 0 Å². The van der Waals surface area contributed by atoms with Crippen LogP contribution in [-0.2, 0) is 4.74 Å². The minimum absolute atomic E-state index is 0.637. The SMILES string of the molecule is C1=C(c2cnc(-n3cc(-c4cccnc4)cn3)c3ccccc23)COC1. The van der Waals surface area contributed by atoms with Crippen LogP contribution in [0.1, 0.15) is 5.56 Å². The molecule has 1 aliphatic rings. The van der Waals surface area contributed by atoms with Gasteiger partial charge in [0, 0.05) is 46.9 Å². The normalized spacial score (nSPS) is 13.9. The summed E-state index contributed by atoms with van der Waals surface area (Å²) in [7, 11) is 0. The third kappa shape index (κ3) is 2.50. The van der Waals surface area contributed by atoms with Gasteiger partial charge < -0.3 is 4.74 Å². The van der Waals surface area contributed by atoms with Crippen molar-refractivity contribution < 1.29 is 4.74 Å². The lowest BCUT2D eigenvalue weighted by Gasteiger charge is -2.11. The summed E-state index contributed by atoms with van der Waals surface area (Å²) in [6.07, 6.45) is 11.5. The molecule has 0 aliphatic carbocycles. The van der Waals surface area contributed by atoms with E-state index in [9.17, 15) is 0 Å². The van der Waals surface area contributed by atoms with Gasteiger partial charge in [0.25, 0.3) is 0 Å². The van der Waals surface area contributed by atoms with Crippen LogP contribution in [0.25, 0.3) is 33.3 Å². The summed E-state index contributed by atoms with van der Waals surface area (Å²) >= 11 is 0. The van der Waals surface area contributed by atoms with Gasteiger partial charge in [0.15, 0.2) is 5.82 Å². The fourth-order valence-corrected chi connectivity index (χ4v) is 3.31. The van der Waals surface area contributed by atoms with Gasteiger partial charge in [0.1, 0.15) is 0 Å². The highest BCUT2D eigenvalue weighted by Gasteiger charge is 2.15. The Morgan fingerprint density at radius 2 is 1.85 bits per heavy atom. The van der Waals surface area contributed by atoms with Crippen molar-refractivity contribution in [3.8, 4) is 16.9 Å². The Morgan fingerprint density at radius 3 is 2.65 bits per heavy atom. The molecule has 1 aromatic carbocycles. The number of rotatable bonds is 3. The first-order valence-corrected chi connectivity index (χ1v) is 8.50. The molecule has 3 aromatic heterocycles. The zero-order valence-corrected chi connectivity index (χ0v) is 14.0. The van der Waals surface area contributed by atoms with E-state index >= 15 is 0 Å². The van der Waals surface area contributed by atoms with Crippen LogP contribution < -0.4 is 0 Å². The molecular formula is C21H16N4O. The zero-order valence-electron chi connectivity index (χ0n) is 14.0. The van der Waals surface area contributed by atoms with Gasteiger partial charge in [-0.1, -0.05) is 36.4 Å². The van der Waals surface area contributed by atoms with Crippen LogP contribution in [-0.4, -0.2) is 33.0 Å². The molecule has 0 spiro atoms. The highest BCUT2D eigenvalue weighted by molar-refractivity contribution is 5.97. The van der Waals surface area contributed by atoms with Gasteiger partial charge >= 0.3 is 0 Å². The molecule has 0 fully saturated rings. The van der Waals surface area contributed by atoms with Crippen LogP contribution in [0.5, 0.6) is 0 Å². The predicted octanol–water partition coefficient (Wildman–Crippen LogP) is 3.90. The topological polar surface area (TPSA) is 52.8 Å². The molecular weight excluding hydrogens is 324 g/mol. The predicted molar refractivity (Wildman–Crippen MR) is 101 cm³/mol. The maximum atomic E-state index is 5.48. The van der Waals surface area contributed by atoms with E-state index in [0.717, 1.165) is 33.3 Å². The first-order valence-electron chi connectivity index (χ1n) is 8.50. The molecule has 0 saturated carbocycles. The second-order valence-corrected chi connectivity index (χ2v) is 6.20. The van der Waals surface area contributed by atoms with E-state index in [4.69, 9.17) is 9.72 Å². The molecule has 0 N–H and O–H groups in total. The van der Waals surface area contributed by atoms with Crippen molar-refractivity contribution in [2.75, 3.05) is 13.2 Å². The zero-order chi connectivity index (χ0) is 17.3. The number of ether oxygens (including phenoxy) is 1. The van der Waals surface area contributed by atoms with Crippen molar-refractivity contribution in [2.45, 2.75) is 0 Å². The van der Waals surface area contributed by atoms with E-state index in [1.165, 1.54) is 5.57 Å². The van der Waals surface area contributed by atoms with Gasteiger partial charge in [-0.05, 0) is 17.0 Å².